The standard InChI is InChI=1S/C55H69N11O6S2/c1-54(50(71)57-33-38-14-6-3-7-15-38)36-73-52-59-44-22-20-40(32-43(44)49(70)64(52)35-45(67)65(54)30-28-61-24-8-4-9-25-61)39-16-12-17-41(21-19-39)58-51(72)55(2)37-74-53-60-47-42(18-13-23-56-47)48(69)63(53)34-46(68)66(55)31-29-62-26-10-5-11-27-62/h3,6-7,13-15,18,20,22-23,32,39,41H,4-5,8-12,16-17,19,21,24-31,33-37H2,1-2H3,(H,57,71)(H,58,72). The van der Waals surface area contributed by atoms with E-state index in [1.807, 2.05) is 62.4 Å². The summed E-state index contributed by atoms with van der Waals surface area (Å²) in [5.41, 5.74) is -0.194. The Hall–Kier alpha value is -5.63. The zero-order valence-electron chi connectivity index (χ0n) is 42.8. The quantitative estimate of drug-likeness (QED) is 0.120. The Bertz CT molecular complexity index is 3020. The fourth-order valence-electron chi connectivity index (χ4n) is 11.6. The van der Waals surface area contributed by atoms with Crippen molar-refractivity contribution < 1.29 is 19.2 Å². The number of pyridine rings is 1. The smallest absolute Gasteiger partial charge is 0.264 e. The minimum absolute atomic E-state index is 0.114. The summed E-state index contributed by atoms with van der Waals surface area (Å²) in [6.07, 6.45) is 12.3. The molecule has 4 aliphatic heterocycles. The molecule has 7 heterocycles. The molecule has 1 saturated carbocycles. The zero-order valence-corrected chi connectivity index (χ0v) is 44.4. The van der Waals surface area contributed by atoms with Gasteiger partial charge in [-0.3, -0.25) is 37.9 Å². The third-order valence-electron chi connectivity index (χ3n) is 16.2. The number of amides is 4. The van der Waals surface area contributed by atoms with Crippen molar-refractivity contribution in [1.29, 1.82) is 0 Å². The highest BCUT2D eigenvalue weighted by Gasteiger charge is 2.46. The molecule has 3 fully saturated rings. The van der Waals surface area contributed by atoms with E-state index in [-0.39, 0.29) is 71.3 Å². The summed E-state index contributed by atoms with van der Waals surface area (Å²) in [7, 11) is 0. The molecular formula is C55H69N11O6S2. The van der Waals surface area contributed by atoms with Gasteiger partial charge >= 0.3 is 0 Å². The average Bonchev–Trinajstić information content (AvgIpc) is 3.66. The molecule has 5 aliphatic rings. The molecule has 74 heavy (non-hydrogen) atoms. The van der Waals surface area contributed by atoms with Crippen molar-refractivity contribution in [3.8, 4) is 0 Å². The van der Waals surface area contributed by atoms with Crippen molar-refractivity contribution in [1.82, 2.24) is 54.3 Å². The van der Waals surface area contributed by atoms with Crippen LogP contribution in [0.1, 0.15) is 102 Å². The number of hydrogen-bond donors (Lipinski definition) is 2. The monoisotopic (exact) mass is 1040 g/mol. The highest BCUT2D eigenvalue weighted by Crippen LogP contribution is 2.36. The van der Waals surface area contributed by atoms with Crippen LogP contribution in [-0.2, 0) is 38.8 Å². The van der Waals surface area contributed by atoms with Crippen molar-refractivity contribution >= 4 is 69.1 Å². The maximum absolute atomic E-state index is 14.8. The molecule has 2 aromatic carbocycles. The largest absolute Gasteiger partial charge is 0.351 e. The lowest BCUT2D eigenvalue weighted by molar-refractivity contribution is -0.147. The highest BCUT2D eigenvalue weighted by molar-refractivity contribution is 7.99. The second kappa shape index (κ2) is 22.7. The van der Waals surface area contributed by atoms with Gasteiger partial charge in [-0.2, -0.15) is 0 Å². The summed E-state index contributed by atoms with van der Waals surface area (Å²) in [6, 6.07) is 18.8. The number of hydrogen-bond acceptors (Lipinski definition) is 13. The van der Waals surface area contributed by atoms with Gasteiger partial charge in [0.1, 0.15) is 24.2 Å². The number of aromatic nitrogens is 5. The number of carbonyl (C=O) groups excluding carboxylic acids is 4. The summed E-state index contributed by atoms with van der Waals surface area (Å²) in [5, 5.41) is 8.09. The van der Waals surface area contributed by atoms with Gasteiger partial charge in [0.25, 0.3) is 11.1 Å². The minimum atomic E-state index is -1.23. The van der Waals surface area contributed by atoms with Crippen LogP contribution < -0.4 is 21.8 Å². The number of thioether (sulfide) groups is 2. The Morgan fingerprint density at radius 1 is 0.635 bits per heavy atom. The SMILES string of the molecule is CC1(C(=O)NCc2ccccc2)CSc2nc3ccc(C4CCCC(NC(=O)C5(C)CSc6nc7ncccc7c(=O)n6CC(=O)N5CCN5CCCCC5)CC4)cc3c(=O)n2CC(=O)N1CCN1CCCCC1. The van der Waals surface area contributed by atoms with E-state index in [4.69, 9.17) is 9.97 Å². The van der Waals surface area contributed by atoms with Crippen LogP contribution in [0.5, 0.6) is 0 Å². The van der Waals surface area contributed by atoms with Gasteiger partial charge in [-0.05, 0) is 133 Å². The molecule has 0 bridgehead atoms. The van der Waals surface area contributed by atoms with Crippen LogP contribution in [0.2, 0.25) is 0 Å². The number of nitrogens with one attached hydrogen (secondary N) is 2. The predicted molar refractivity (Wildman–Crippen MR) is 288 cm³/mol. The predicted octanol–water partition coefficient (Wildman–Crippen LogP) is 5.41. The molecule has 2 N–H and O–H groups in total. The van der Waals surface area contributed by atoms with Crippen LogP contribution in [0.15, 0.2) is 86.8 Å². The first-order chi connectivity index (χ1) is 35.9. The first-order valence-corrected chi connectivity index (χ1v) is 28.7. The number of nitrogens with zero attached hydrogens (tertiary/aromatic N) is 9. The van der Waals surface area contributed by atoms with Gasteiger partial charge in [-0.1, -0.05) is 79.2 Å². The van der Waals surface area contributed by atoms with Crippen LogP contribution in [0.4, 0.5) is 0 Å². The molecule has 5 aromatic rings. The summed E-state index contributed by atoms with van der Waals surface area (Å²) in [5.74, 6) is -0.500. The summed E-state index contributed by atoms with van der Waals surface area (Å²) >= 11 is 2.65. The van der Waals surface area contributed by atoms with E-state index in [2.05, 4.69) is 25.4 Å². The fourth-order valence-corrected chi connectivity index (χ4v) is 13.9. The number of piperidine rings is 2. The zero-order chi connectivity index (χ0) is 51.4. The Balaban J connectivity index is 0.855. The normalized spacial score (nSPS) is 24.5. The van der Waals surface area contributed by atoms with Gasteiger partial charge in [0.15, 0.2) is 16.0 Å². The molecule has 4 atom stereocenters. The van der Waals surface area contributed by atoms with Gasteiger partial charge in [0.2, 0.25) is 23.6 Å². The Morgan fingerprint density at radius 3 is 1.89 bits per heavy atom. The maximum atomic E-state index is 14.8. The van der Waals surface area contributed by atoms with Crippen LogP contribution >= 0.6 is 23.5 Å². The lowest BCUT2D eigenvalue weighted by Crippen LogP contribution is -2.64. The number of fused-ring (bicyclic) bond motifs is 4. The summed E-state index contributed by atoms with van der Waals surface area (Å²) in [4.78, 5) is 109. The average molecular weight is 1040 g/mol. The van der Waals surface area contributed by atoms with E-state index in [0.29, 0.717) is 71.4 Å². The van der Waals surface area contributed by atoms with Gasteiger partial charge in [-0.15, -0.1) is 0 Å². The molecule has 4 unspecified atom stereocenters. The van der Waals surface area contributed by atoms with E-state index in [1.54, 1.807) is 28.1 Å². The third-order valence-corrected chi connectivity index (χ3v) is 18.8. The molecular weight excluding hydrogens is 975 g/mol. The number of rotatable bonds is 12. The van der Waals surface area contributed by atoms with Crippen LogP contribution in [0.3, 0.4) is 0 Å². The van der Waals surface area contributed by atoms with Crippen LogP contribution in [-0.4, -0.2) is 148 Å². The van der Waals surface area contributed by atoms with Crippen molar-refractivity contribution in [2.45, 2.75) is 137 Å². The first-order valence-electron chi connectivity index (χ1n) is 26.7. The molecule has 1 aliphatic carbocycles. The molecule has 0 radical (unpaired) electrons. The lowest BCUT2D eigenvalue weighted by atomic mass is 9.91. The molecule has 392 valence electrons. The molecule has 3 aromatic heterocycles. The summed E-state index contributed by atoms with van der Waals surface area (Å²) in [6.45, 7) is 9.40. The first kappa shape index (κ1) is 51.8. The minimum Gasteiger partial charge on any atom is -0.351 e. The molecule has 2 saturated heterocycles. The number of carbonyl (C=O) groups is 4. The second-order valence-corrected chi connectivity index (χ2v) is 23.2. The van der Waals surface area contributed by atoms with Gasteiger partial charge in [0.05, 0.1) is 16.3 Å². The fraction of sp³-hybridized carbons (Fsp3) is 0.545. The van der Waals surface area contributed by atoms with E-state index in [1.165, 1.54) is 45.5 Å². The van der Waals surface area contributed by atoms with E-state index in [9.17, 15) is 28.8 Å². The van der Waals surface area contributed by atoms with Crippen molar-refractivity contribution in [2.24, 2.45) is 0 Å². The van der Waals surface area contributed by atoms with Gasteiger partial charge in [-0.25, -0.2) is 15.0 Å². The second-order valence-electron chi connectivity index (χ2n) is 21.3. The molecule has 0 spiro atoms. The Kier molecular flexibility index (Phi) is 15.9. The topological polar surface area (TPSA) is 188 Å². The van der Waals surface area contributed by atoms with Crippen LogP contribution in [0, 0.1) is 0 Å². The number of benzene rings is 2. The van der Waals surface area contributed by atoms with Crippen molar-refractivity contribution in [2.75, 3.05) is 63.9 Å². The third kappa shape index (κ3) is 11.0. The maximum Gasteiger partial charge on any atom is 0.264 e. The van der Waals surface area contributed by atoms with Crippen LogP contribution in [0.25, 0.3) is 21.9 Å². The van der Waals surface area contributed by atoms with E-state index in [0.717, 1.165) is 88.7 Å². The molecule has 19 heteroatoms. The lowest BCUT2D eigenvalue weighted by Gasteiger charge is -2.43. The molecule has 4 amide bonds. The molecule has 10 rings (SSSR count). The van der Waals surface area contributed by atoms with Gasteiger partial charge < -0.3 is 30.2 Å². The Labute approximate surface area is 440 Å². The molecule has 17 nitrogen and oxygen atoms in total. The van der Waals surface area contributed by atoms with E-state index < -0.39 is 11.1 Å². The van der Waals surface area contributed by atoms with E-state index >= 15 is 0 Å². The van der Waals surface area contributed by atoms with Crippen molar-refractivity contribution in [3.63, 3.8) is 0 Å². The number of likely N-dealkylation sites (tertiary alicyclic amines) is 2. The van der Waals surface area contributed by atoms with Gasteiger partial charge in [0, 0.05) is 56.5 Å². The Morgan fingerprint density at radius 2 is 1.24 bits per heavy atom. The highest BCUT2D eigenvalue weighted by atomic mass is 32.2. The summed E-state index contributed by atoms with van der Waals surface area (Å²) < 4.78 is 2.92. The van der Waals surface area contributed by atoms with Crippen molar-refractivity contribution in [3.05, 3.63) is 98.7 Å².